The summed E-state index contributed by atoms with van der Waals surface area (Å²) in [5, 5.41) is 2.91. The predicted molar refractivity (Wildman–Crippen MR) is 82.5 cm³/mol. The molecule has 2 unspecified atom stereocenters. The molecule has 0 saturated carbocycles. The highest BCUT2D eigenvalue weighted by molar-refractivity contribution is 5.99. The fraction of sp³-hybridized carbons (Fsp3) is 0.529. The van der Waals surface area contributed by atoms with Gasteiger partial charge in [-0.2, -0.15) is 0 Å². The molecule has 0 radical (unpaired) electrons. The second-order valence-corrected chi connectivity index (χ2v) is 5.90. The highest BCUT2D eigenvalue weighted by Crippen LogP contribution is 2.25. The number of hydrogen-bond acceptors (Lipinski definition) is 2. The van der Waals surface area contributed by atoms with Gasteiger partial charge < -0.3 is 10.2 Å². The van der Waals surface area contributed by atoms with Crippen molar-refractivity contribution < 1.29 is 9.59 Å². The first-order valence-electron chi connectivity index (χ1n) is 7.69. The van der Waals surface area contributed by atoms with Crippen LogP contribution in [0.5, 0.6) is 0 Å². The second-order valence-electron chi connectivity index (χ2n) is 5.90. The molecular weight excluding hydrogens is 264 g/mol. The monoisotopic (exact) mass is 288 g/mol. The molecule has 0 spiro atoms. The Labute approximate surface area is 126 Å². The summed E-state index contributed by atoms with van der Waals surface area (Å²) >= 11 is 0. The van der Waals surface area contributed by atoms with Gasteiger partial charge in [0, 0.05) is 6.54 Å². The summed E-state index contributed by atoms with van der Waals surface area (Å²) < 4.78 is 0. The highest BCUT2D eigenvalue weighted by Gasteiger charge is 2.46. The smallest absolute Gasteiger partial charge is 0.249 e. The molecule has 0 aliphatic carbocycles. The zero-order chi connectivity index (χ0) is 15.5. The minimum atomic E-state index is -0.782. The molecule has 2 atom stereocenters. The number of hydrogen-bond donors (Lipinski definition) is 1. The first-order chi connectivity index (χ1) is 10.0. The van der Waals surface area contributed by atoms with E-state index in [0.717, 1.165) is 12.0 Å². The van der Waals surface area contributed by atoms with Gasteiger partial charge in [-0.3, -0.25) is 9.59 Å². The van der Waals surface area contributed by atoms with Gasteiger partial charge in [-0.05, 0) is 25.3 Å². The zero-order valence-electron chi connectivity index (χ0n) is 13.1. The Balaban J connectivity index is 2.30. The summed E-state index contributed by atoms with van der Waals surface area (Å²) in [5.74, 6) is -0.0105. The third-order valence-electron chi connectivity index (χ3n) is 4.28. The maximum atomic E-state index is 12.8. The summed E-state index contributed by atoms with van der Waals surface area (Å²) in [6, 6.07) is 9.49. The Hall–Kier alpha value is -1.84. The van der Waals surface area contributed by atoms with E-state index in [-0.39, 0.29) is 17.9 Å². The molecule has 1 aromatic rings. The number of carbonyl (C=O) groups excluding carboxylic acids is 2. The summed E-state index contributed by atoms with van der Waals surface area (Å²) in [6.45, 7) is 6.27. The van der Waals surface area contributed by atoms with Gasteiger partial charge in [-0.25, -0.2) is 0 Å². The van der Waals surface area contributed by atoms with E-state index in [1.807, 2.05) is 51.1 Å². The second kappa shape index (κ2) is 6.29. The Morgan fingerprint density at radius 2 is 1.86 bits per heavy atom. The summed E-state index contributed by atoms with van der Waals surface area (Å²) in [5.41, 5.74) is 0.274. The average Bonchev–Trinajstić information content (AvgIpc) is 2.49. The van der Waals surface area contributed by atoms with Crippen molar-refractivity contribution in [1.29, 1.82) is 0 Å². The normalized spacial score (nSPS) is 25.9. The van der Waals surface area contributed by atoms with Crippen LogP contribution in [0.15, 0.2) is 30.3 Å². The quantitative estimate of drug-likeness (QED) is 0.905. The molecule has 1 saturated heterocycles. The molecule has 1 aliphatic heterocycles. The van der Waals surface area contributed by atoms with Gasteiger partial charge in [0.2, 0.25) is 11.8 Å². The summed E-state index contributed by atoms with van der Waals surface area (Å²) in [6.07, 6.45) is 2.17. The maximum Gasteiger partial charge on any atom is 0.249 e. The Kier molecular flexibility index (Phi) is 4.66. The van der Waals surface area contributed by atoms with Crippen molar-refractivity contribution in [1.82, 2.24) is 10.2 Å². The predicted octanol–water partition coefficient (Wildman–Crippen LogP) is 2.48. The van der Waals surface area contributed by atoms with Crippen molar-refractivity contribution >= 4 is 11.8 Å². The van der Waals surface area contributed by atoms with E-state index < -0.39 is 5.54 Å². The zero-order valence-corrected chi connectivity index (χ0v) is 13.1. The lowest BCUT2D eigenvalue weighted by atomic mass is 9.90. The van der Waals surface area contributed by atoms with E-state index in [0.29, 0.717) is 19.4 Å². The molecule has 21 heavy (non-hydrogen) atoms. The third-order valence-corrected chi connectivity index (χ3v) is 4.28. The molecular formula is C17H24N2O2. The fourth-order valence-corrected chi connectivity index (χ4v) is 2.77. The Bertz CT molecular complexity index is 515. The molecule has 2 rings (SSSR count). The van der Waals surface area contributed by atoms with Crippen LogP contribution in [0.25, 0.3) is 0 Å². The van der Waals surface area contributed by atoms with Crippen LogP contribution < -0.4 is 5.32 Å². The molecule has 1 N–H and O–H groups in total. The van der Waals surface area contributed by atoms with Gasteiger partial charge in [-0.15, -0.1) is 0 Å². The van der Waals surface area contributed by atoms with Crippen molar-refractivity contribution in [3.63, 3.8) is 0 Å². The van der Waals surface area contributed by atoms with Crippen LogP contribution in [0, 0.1) is 0 Å². The van der Waals surface area contributed by atoms with Gasteiger partial charge in [0.05, 0.1) is 0 Å². The highest BCUT2D eigenvalue weighted by atomic mass is 16.2. The number of carbonyl (C=O) groups is 2. The molecule has 0 bridgehead atoms. The lowest BCUT2D eigenvalue weighted by Crippen LogP contribution is -2.68. The van der Waals surface area contributed by atoms with Gasteiger partial charge in [0.25, 0.3) is 0 Å². The first kappa shape index (κ1) is 15.5. The van der Waals surface area contributed by atoms with E-state index in [9.17, 15) is 9.59 Å². The minimum absolute atomic E-state index is 0.0203. The topological polar surface area (TPSA) is 49.4 Å². The minimum Gasteiger partial charge on any atom is -0.340 e. The lowest BCUT2D eigenvalue weighted by Gasteiger charge is -2.44. The van der Waals surface area contributed by atoms with Crippen molar-refractivity contribution in [2.45, 2.75) is 58.2 Å². The molecule has 1 aliphatic rings. The van der Waals surface area contributed by atoms with Crippen LogP contribution in [0.3, 0.4) is 0 Å². The Morgan fingerprint density at radius 1 is 1.19 bits per heavy atom. The van der Waals surface area contributed by atoms with Crippen LogP contribution in [0.4, 0.5) is 0 Å². The maximum absolute atomic E-state index is 12.8. The summed E-state index contributed by atoms with van der Waals surface area (Å²) in [7, 11) is 0. The van der Waals surface area contributed by atoms with Crippen molar-refractivity contribution in [2.24, 2.45) is 0 Å². The first-order valence-corrected chi connectivity index (χ1v) is 7.69. The van der Waals surface area contributed by atoms with Gasteiger partial charge in [0.15, 0.2) is 0 Å². The third kappa shape index (κ3) is 3.09. The number of nitrogens with one attached hydrogen (secondary N) is 1. The van der Waals surface area contributed by atoms with Gasteiger partial charge >= 0.3 is 0 Å². The standard InChI is InChI=1S/C17H24N2O2/c1-4-9-14-15(20)18-17(3,5-2)16(21)19(14)12-13-10-7-6-8-11-13/h6-8,10-11,14H,4-5,9,12H2,1-3H3,(H,18,20). The molecule has 4 heteroatoms. The Morgan fingerprint density at radius 3 is 2.43 bits per heavy atom. The summed E-state index contributed by atoms with van der Waals surface area (Å²) in [4.78, 5) is 27.0. The van der Waals surface area contributed by atoms with E-state index in [4.69, 9.17) is 0 Å². The van der Waals surface area contributed by atoms with Crippen LogP contribution in [0.1, 0.15) is 45.6 Å². The fourth-order valence-electron chi connectivity index (χ4n) is 2.77. The van der Waals surface area contributed by atoms with E-state index in [1.165, 1.54) is 0 Å². The molecule has 1 fully saturated rings. The van der Waals surface area contributed by atoms with E-state index in [1.54, 1.807) is 4.90 Å². The van der Waals surface area contributed by atoms with Crippen LogP contribution >= 0.6 is 0 Å². The van der Waals surface area contributed by atoms with E-state index in [2.05, 4.69) is 5.32 Å². The largest absolute Gasteiger partial charge is 0.340 e. The molecule has 1 heterocycles. The lowest BCUT2D eigenvalue weighted by molar-refractivity contribution is -0.155. The number of piperazine rings is 1. The van der Waals surface area contributed by atoms with Gasteiger partial charge in [-0.1, -0.05) is 50.6 Å². The SMILES string of the molecule is CCCC1C(=O)NC(C)(CC)C(=O)N1Cc1ccccc1. The average molecular weight is 288 g/mol. The van der Waals surface area contributed by atoms with Crippen molar-refractivity contribution in [3.05, 3.63) is 35.9 Å². The van der Waals surface area contributed by atoms with Gasteiger partial charge in [0.1, 0.15) is 11.6 Å². The van der Waals surface area contributed by atoms with Crippen LogP contribution in [-0.2, 0) is 16.1 Å². The van der Waals surface area contributed by atoms with E-state index >= 15 is 0 Å². The number of benzene rings is 1. The molecule has 2 amide bonds. The van der Waals surface area contributed by atoms with Crippen molar-refractivity contribution in [3.8, 4) is 0 Å². The number of rotatable bonds is 5. The van der Waals surface area contributed by atoms with Crippen LogP contribution in [-0.4, -0.2) is 28.3 Å². The number of nitrogens with zero attached hydrogens (tertiary/aromatic N) is 1. The molecule has 4 nitrogen and oxygen atoms in total. The molecule has 0 aromatic heterocycles. The van der Waals surface area contributed by atoms with Crippen LogP contribution in [0.2, 0.25) is 0 Å². The number of amides is 2. The molecule has 1 aromatic carbocycles. The molecule has 114 valence electrons. The van der Waals surface area contributed by atoms with Crippen molar-refractivity contribution in [2.75, 3.05) is 0 Å².